The lowest BCUT2D eigenvalue weighted by Crippen LogP contribution is -2.20. The number of para-hydroxylation sites is 1. The number of halogens is 3. The molecule has 0 unspecified atom stereocenters. The average molecular weight is 529 g/mol. The summed E-state index contributed by atoms with van der Waals surface area (Å²) in [5.74, 6) is -1.30. The molecular formula is C24H16BrClFN3O3. The van der Waals surface area contributed by atoms with Crippen LogP contribution in [0.25, 0.3) is 6.08 Å². The lowest BCUT2D eigenvalue weighted by Gasteiger charge is -2.10. The number of rotatable bonds is 7. The maximum Gasteiger partial charge on any atom is 0.266 e. The van der Waals surface area contributed by atoms with Crippen molar-refractivity contribution in [1.82, 2.24) is 0 Å². The van der Waals surface area contributed by atoms with Crippen LogP contribution in [0.3, 0.4) is 0 Å². The smallest absolute Gasteiger partial charge is 0.266 e. The Hall–Kier alpha value is -3.67. The number of anilines is 2. The summed E-state index contributed by atoms with van der Waals surface area (Å²) in [5.41, 5.74) is 0.973. The van der Waals surface area contributed by atoms with Crippen LogP contribution >= 0.6 is 27.5 Å². The summed E-state index contributed by atoms with van der Waals surface area (Å²) in [6.45, 7) is -0.340. The first-order chi connectivity index (χ1) is 15.9. The maximum atomic E-state index is 13.6. The Morgan fingerprint density at radius 1 is 1.09 bits per heavy atom. The average Bonchev–Trinajstić information content (AvgIpc) is 2.78. The second-order valence-electron chi connectivity index (χ2n) is 6.64. The van der Waals surface area contributed by atoms with Crippen molar-refractivity contribution in [3.05, 3.63) is 93.2 Å². The van der Waals surface area contributed by atoms with Crippen molar-refractivity contribution in [2.75, 3.05) is 17.2 Å². The molecule has 2 N–H and O–H groups in total. The van der Waals surface area contributed by atoms with E-state index in [4.69, 9.17) is 16.3 Å². The van der Waals surface area contributed by atoms with Crippen molar-refractivity contribution in [3.63, 3.8) is 0 Å². The van der Waals surface area contributed by atoms with Crippen LogP contribution in [0.2, 0.25) is 5.02 Å². The highest BCUT2D eigenvalue weighted by Crippen LogP contribution is 2.27. The van der Waals surface area contributed by atoms with E-state index in [2.05, 4.69) is 26.6 Å². The van der Waals surface area contributed by atoms with Gasteiger partial charge < -0.3 is 15.4 Å². The molecule has 0 aliphatic rings. The van der Waals surface area contributed by atoms with Gasteiger partial charge in [0.1, 0.15) is 23.2 Å². The summed E-state index contributed by atoms with van der Waals surface area (Å²) < 4.78 is 19.6. The number of hydrogen-bond acceptors (Lipinski definition) is 4. The molecule has 0 saturated carbocycles. The van der Waals surface area contributed by atoms with Gasteiger partial charge in [-0.15, -0.1) is 0 Å². The molecule has 0 bridgehead atoms. The number of nitrogens with zero attached hydrogens (tertiary/aromatic N) is 1. The van der Waals surface area contributed by atoms with Gasteiger partial charge in [0.25, 0.3) is 11.8 Å². The van der Waals surface area contributed by atoms with Gasteiger partial charge in [0.05, 0.1) is 10.2 Å². The van der Waals surface area contributed by atoms with Gasteiger partial charge >= 0.3 is 0 Å². The Morgan fingerprint density at radius 3 is 2.58 bits per heavy atom. The molecule has 0 aromatic heterocycles. The minimum absolute atomic E-state index is 0.0609. The molecular weight excluding hydrogens is 513 g/mol. The number of nitrogens with one attached hydrogen (secondary N) is 2. The number of ether oxygens (including phenoxy) is 1. The second-order valence-corrected chi connectivity index (χ2v) is 7.93. The van der Waals surface area contributed by atoms with Crippen LogP contribution in [0.4, 0.5) is 15.8 Å². The van der Waals surface area contributed by atoms with Gasteiger partial charge in [0.2, 0.25) is 0 Å². The summed E-state index contributed by atoms with van der Waals surface area (Å²) in [7, 11) is 0. The summed E-state index contributed by atoms with van der Waals surface area (Å²) in [5, 5.41) is 14.9. The Labute approximate surface area is 202 Å². The molecule has 3 aromatic rings. The van der Waals surface area contributed by atoms with Crippen LogP contribution in [0.15, 0.2) is 76.8 Å². The third kappa shape index (κ3) is 6.91. The van der Waals surface area contributed by atoms with Gasteiger partial charge in [-0.2, -0.15) is 5.26 Å². The molecule has 0 radical (unpaired) electrons. The molecule has 0 atom stereocenters. The minimum atomic E-state index is -0.582. The highest BCUT2D eigenvalue weighted by Gasteiger charge is 2.12. The van der Waals surface area contributed by atoms with E-state index < -0.39 is 17.6 Å². The zero-order valence-corrected chi connectivity index (χ0v) is 19.3. The van der Waals surface area contributed by atoms with Gasteiger partial charge in [-0.25, -0.2) is 4.39 Å². The molecule has 0 aliphatic heterocycles. The molecule has 0 spiro atoms. The molecule has 6 nitrogen and oxygen atoms in total. The summed E-state index contributed by atoms with van der Waals surface area (Å²) >= 11 is 9.25. The first kappa shape index (κ1) is 24.0. The van der Waals surface area contributed by atoms with E-state index in [9.17, 15) is 19.2 Å². The van der Waals surface area contributed by atoms with E-state index in [1.165, 1.54) is 24.3 Å². The van der Waals surface area contributed by atoms with E-state index in [1.807, 2.05) is 6.07 Å². The van der Waals surface area contributed by atoms with Crippen LogP contribution in [0, 0.1) is 17.1 Å². The van der Waals surface area contributed by atoms with Crippen LogP contribution in [0.5, 0.6) is 5.75 Å². The van der Waals surface area contributed by atoms with Crippen molar-refractivity contribution in [3.8, 4) is 11.8 Å². The largest absolute Gasteiger partial charge is 0.483 e. The van der Waals surface area contributed by atoms with E-state index >= 15 is 0 Å². The number of hydrogen-bond donors (Lipinski definition) is 2. The Morgan fingerprint density at radius 2 is 1.88 bits per heavy atom. The van der Waals surface area contributed by atoms with Crippen LogP contribution < -0.4 is 15.4 Å². The molecule has 0 saturated heterocycles. The van der Waals surface area contributed by atoms with Crippen molar-refractivity contribution in [2.45, 2.75) is 0 Å². The summed E-state index contributed by atoms with van der Waals surface area (Å²) in [6.07, 6.45) is 1.42. The fourth-order valence-corrected chi connectivity index (χ4v) is 3.40. The molecule has 166 valence electrons. The van der Waals surface area contributed by atoms with E-state index in [1.54, 1.807) is 48.5 Å². The Kier molecular flexibility index (Phi) is 8.19. The molecule has 2 amide bonds. The third-order valence-corrected chi connectivity index (χ3v) is 5.08. The van der Waals surface area contributed by atoms with E-state index in [0.717, 1.165) is 0 Å². The van der Waals surface area contributed by atoms with Gasteiger partial charge in [-0.05, 0) is 70.0 Å². The zero-order valence-electron chi connectivity index (χ0n) is 16.9. The molecule has 9 heteroatoms. The van der Waals surface area contributed by atoms with Crippen LogP contribution in [0.1, 0.15) is 5.56 Å². The zero-order chi connectivity index (χ0) is 23.8. The van der Waals surface area contributed by atoms with Crippen LogP contribution in [-0.2, 0) is 9.59 Å². The Balaban J connectivity index is 1.64. The molecule has 0 aliphatic carbocycles. The fraction of sp³-hybridized carbons (Fsp3) is 0.0417. The summed E-state index contributed by atoms with van der Waals surface area (Å²) in [4.78, 5) is 24.4. The van der Waals surface area contributed by atoms with E-state index in [-0.39, 0.29) is 17.9 Å². The normalized spacial score (nSPS) is 10.8. The summed E-state index contributed by atoms with van der Waals surface area (Å²) in [6, 6.07) is 19.1. The molecule has 0 fully saturated rings. The first-order valence-electron chi connectivity index (χ1n) is 9.51. The quantitative estimate of drug-likeness (QED) is 0.299. The molecule has 0 heterocycles. The Bertz CT molecular complexity index is 1270. The monoisotopic (exact) mass is 527 g/mol. The van der Waals surface area contributed by atoms with Crippen molar-refractivity contribution in [2.24, 2.45) is 0 Å². The standard InChI is InChI=1S/C24H16BrClFN3O3/c25-19-11-15(10-16(13-28)24(32)29-18-5-3-4-17(26)12-18)8-9-22(19)33-14-23(31)30-21-7-2-1-6-20(21)27/h1-12H,14H2,(H,29,32)(H,30,31)/b16-10-. The van der Waals surface area contributed by atoms with Crippen LogP contribution in [-0.4, -0.2) is 18.4 Å². The minimum Gasteiger partial charge on any atom is -0.483 e. The van der Waals surface area contributed by atoms with Crippen molar-refractivity contribution < 1.29 is 18.7 Å². The van der Waals surface area contributed by atoms with Gasteiger partial charge in [-0.3, -0.25) is 9.59 Å². The number of benzene rings is 3. The first-order valence-corrected chi connectivity index (χ1v) is 10.7. The van der Waals surface area contributed by atoms with Crippen molar-refractivity contribution >= 4 is 56.8 Å². The number of amides is 2. The second kappa shape index (κ2) is 11.3. The highest BCUT2D eigenvalue weighted by molar-refractivity contribution is 9.10. The highest BCUT2D eigenvalue weighted by atomic mass is 79.9. The molecule has 3 rings (SSSR count). The predicted molar refractivity (Wildman–Crippen MR) is 128 cm³/mol. The molecule has 3 aromatic carbocycles. The third-order valence-electron chi connectivity index (χ3n) is 4.22. The maximum absolute atomic E-state index is 13.6. The lowest BCUT2D eigenvalue weighted by molar-refractivity contribution is -0.118. The number of carbonyl (C=O) groups is 2. The molecule has 33 heavy (non-hydrogen) atoms. The predicted octanol–water partition coefficient (Wildman–Crippen LogP) is 5.80. The SMILES string of the molecule is N#C/C(=C/c1ccc(OCC(=O)Nc2ccccc2F)c(Br)c1)C(=O)Nc1cccc(Cl)c1. The topological polar surface area (TPSA) is 91.2 Å². The van der Waals surface area contributed by atoms with E-state index in [0.29, 0.717) is 26.5 Å². The van der Waals surface area contributed by atoms with Gasteiger partial charge in [0, 0.05) is 10.7 Å². The lowest BCUT2D eigenvalue weighted by atomic mass is 10.1. The fourth-order valence-electron chi connectivity index (χ4n) is 2.70. The van der Waals surface area contributed by atoms with Crippen molar-refractivity contribution in [1.29, 1.82) is 5.26 Å². The number of nitriles is 1. The number of carbonyl (C=O) groups excluding carboxylic acids is 2. The van der Waals surface area contributed by atoms with Gasteiger partial charge in [0.15, 0.2) is 6.61 Å². The van der Waals surface area contributed by atoms with Gasteiger partial charge in [-0.1, -0.05) is 35.9 Å².